The topological polar surface area (TPSA) is 107 Å². The fourth-order valence-electron chi connectivity index (χ4n) is 2.24. The van der Waals surface area contributed by atoms with Crippen molar-refractivity contribution >= 4 is 11.6 Å². The van der Waals surface area contributed by atoms with Gasteiger partial charge in [-0.25, -0.2) is 0 Å². The van der Waals surface area contributed by atoms with Gasteiger partial charge in [-0.3, -0.25) is 9.89 Å². The Morgan fingerprint density at radius 3 is 2.79 bits per heavy atom. The van der Waals surface area contributed by atoms with E-state index >= 15 is 0 Å². The lowest BCUT2D eigenvalue weighted by atomic mass is 10.1. The first-order valence-electron chi connectivity index (χ1n) is 7.14. The minimum absolute atomic E-state index is 0.0405. The van der Waals surface area contributed by atoms with Gasteiger partial charge in [-0.05, 0) is 24.3 Å². The third-order valence-electron chi connectivity index (χ3n) is 3.24. The van der Waals surface area contributed by atoms with E-state index in [1.165, 1.54) is 25.3 Å². The average Bonchev–Trinajstić information content (AvgIpc) is 2.95. The van der Waals surface area contributed by atoms with Crippen LogP contribution >= 0.6 is 0 Å². The molecule has 0 unspecified atom stereocenters. The number of H-pyrrole nitrogens is 1. The van der Waals surface area contributed by atoms with Gasteiger partial charge in [-0.15, -0.1) is 0 Å². The van der Waals surface area contributed by atoms with Gasteiger partial charge in [0.2, 0.25) is 5.91 Å². The summed E-state index contributed by atoms with van der Waals surface area (Å²) in [6.45, 7) is 1.43. The van der Waals surface area contributed by atoms with Gasteiger partial charge >= 0.3 is 0 Å². The minimum atomic E-state index is -0.176. The Bertz CT molecular complexity index is 889. The molecule has 0 bridgehead atoms. The van der Waals surface area contributed by atoms with Crippen LogP contribution in [0.5, 0.6) is 23.0 Å². The Balaban J connectivity index is 1.90. The lowest BCUT2D eigenvalue weighted by Gasteiger charge is -2.09. The second-order valence-corrected chi connectivity index (χ2v) is 5.12. The molecular formula is C17H15N3O4. The summed E-state index contributed by atoms with van der Waals surface area (Å²) in [5.74, 6) is 0.584. The summed E-state index contributed by atoms with van der Waals surface area (Å²) in [7, 11) is 0. The molecule has 0 aliphatic carbocycles. The number of phenols is 2. The summed E-state index contributed by atoms with van der Waals surface area (Å²) in [6.07, 6.45) is 1.48. The first kappa shape index (κ1) is 15.4. The molecule has 1 heterocycles. The molecule has 0 saturated carbocycles. The van der Waals surface area contributed by atoms with E-state index in [1.807, 2.05) is 0 Å². The number of ether oxygens (including phenoxy) is 1. The molecule has 4 N–H and O–H groups in total. The molecule has 3 aromatic rings. The van der Waals surface area contributed by atoms with Crippen LogP contribution in [-0.2, 0) is 4.79 Å². The first-order chi connectivity index (χ1) is 11.5. The Morgan fingerprint density at radius 2 is 2.04 bits per heavy atom. The molecule has 1 amide bonds. The summed E-state index contributed by atoms with van der Waals surface area (Å²) >= 11 is 0. The van der Waals surface area contributed by atoms with Crippen LogP contribution in [0, 0.1) is 0 Å². The van der Waals surface area contributed by atoms with Crippen LogP contribution in [0.15, 0.2) is 48.7 Å². The third kappa shape index (κ3) is 3.30. The fraction of sp³-hybridized carbons (Fsp3) is 0.0588. The summed E-state index contributed by atoms with van der Waals surface area (Å²) in [5, 5.41) is 28.8. The third-order valence-corrected chi connectivity index (χ3v) is 3.24. The van der Waals surface area contributed by atoms with Crippen LogP contribution in [0.4, 0.5) is 5.69 Å². The van der Waals surface area contributed by atoms with E-state index in [9.17, 15) is 15.0 Å². The number of aromatic nitrogens is 2. The van der Waals surface area contributed by atoms with Gasteiger partial charge in [0.25, 0.3) is 0 Å². The molecule has 0 atom stereocenters. The van der Waals surface area contributed by atoms with E-state index < -0.39 is 0 Å². The van der Waals surface area contributed by atoms with Crippen LogP contribution in [0.25, 0.3) is 11.3 Å². The van der Waals surface area contributed by atoms with Crippen molar-refractivity contribution in [3.63, 3.8) is 0 Å². The Labute approximate surface area is 137 Å². The zero-order chi connectivity index (χ0) is 17.1. The van der Waals surface area contributed by atoms with E-state index in [4.69, 9.17) is 4.74 Å². The predicted molar refractivity (Wildman–Crippen MR) is 88.2 cm³/mol. The molecule has 3 rings (SSSR count). The fourth-order valence-corrected chi connectivity index (χ4v) is 2.24. The molecule has 1 aromatic heterocycles. The zero-order valence-corrected chi connectivity index (χ0v) is 12.8. The number of rotatable bonds is 4. The molecule has 7 heteroatoms. The maximum absolute atomic E-state index is 11.1. The Hall–Kier alpha value is -3.48. The molecule has 2 aromatic carbocycles. The van der Waals surface area contributed by atoms with Gasteiger partial charge < -0.3 is 20.3 Å². The van der Waals surface area contributed by atoms with Gasteiger partial charge in [0.1, 0.15) is 22.9 Å². The van der Waals surface area contributed by atoms with Gasteiger partial charge in [0, 0.05) is 30.3 Å². The average molecular weight is 325 g/mol. The number of aromatic amines is 1. The number of hydrogen-bond acceptors (Lipinski definition) is 5. The van der Waals surface area contributed by atoms with Crippen molar-refractivity contribution in [1.82, 2.24) is 10.2 Å². The molecule has 7 nitrogen and oxygen atoms in total. The maximum Gasteiger partial charge on any atom is 0.221 e. The number of hydrogen-bond donors (Lipinski definition) is 4. The number of carbonyl (C=O) groups is 1. The largest absolute Gasteiger partial charge is 0.508 e. The van der Waals surface area contributed by atoms with Crippen molar-refractivity contribution in [3.8, 4) is 34.3 Å². The second kappa shape index (κ2) is 6.33. The first-order valence-corrected chi connectivity index (χ1v) is 7.14. The monoisotopic (exact) mass is 325 g/mol. The van der Waals surface area contributed by atoms with Crippen LogP contribution in [-0.4, -0.2) is 26.3 Å². The molecule has 0 spiro atoms. The quantitative estimate of drug-likeness (QED) is 0.589. The molecule has 122 valence electrons. The zero-order valence-electron chi connectivity index (χ0n) is 12.8. The van der Waals surface area contributed by atoms with Crippen molar-refractivity contribution < 1.29 is 19.7 Å². The van der Waals surface area contributed by atoms with Crippen molar-refractivity contribution in [2.45, 2.75) is 6.92 Å². The smallest absolute Gasteiger partial charge is 0.221 e. The van der Waals surface area contributed by atoms with E-state index in [1.54, 1.807) is 30.3 Å². The number of nitrogens with zero attached hydrogens (tertiary/aromatic N) is 1. The highest BCUT2D eigenvalue weighted by molar-refractivity contribution is 5.88. The van der Waals surface area contributed by atoms with Gasteiger partial charge in [0.15, 0.2) is 5.75 Å². The number of phenolic OH excluding ortho intramolecular Hbond substituents is 2. The molecule has 24 heavy (non-hydrogen) atoms. The summed E-state index contributed by atoms with van der Waals surface area (Å²) in [6, 6.07) is 11.1. The minimum Gasteiger partial charge on any atom is -0.508 e. The van der Waals surface area contributed by atoms with Crippen molar-refractivity contribution in [1.29, 1.82) is 0 Å². The highest BCUT2D eigenvalue weighted by Crippen LogP contribution is 2.37. The normalized spacial score (nSPS) is 10.4. The van der Waals surface area contributed by atoms with Crippen molar-refractivity contribution in [2.75, 3.05) is 5.32 Å². The van der Waals surface area contributed by atoms with Crippen LogP contribution < -0.4 is 10.1 Å². The maximum atomic E-state index is 11.1. The highest BCUT2D eigenvalue weighted by Gasteiger charge is 2.14. The number of nitrogens with one attached hydrogen (secondary N) is 2. The number of carbonyl (C=O) groups excluding carboxylic acids is 1. The number of benzene rings is 2. The lowest BCUT2D eigenvalue weighted by molar-refractivity contribution is -0.114. The summed E-state index contributed by atoms with van der Waals surface area (Å²) in [4.78, 5) is 11.1. The summed E-state index contributed by atoms with van der Waals surface area (Å²) < 4.78 is 5.79. The van der Waals surface area contributed by atoms with Gasteiger partial charge in [-0.2, -0.15) is 5.10 Å². The Kier molecular flexibility index (Phi) is 4.07. The molecule has 0 aliphatic rings. The molecule has 0 aliphatic heterocycles. The number of aromatic hydroxyl groups is 2. The summed E-state index contributed by atoms with van der Waals surface area (Å²) in [5.41, 5.74) is 1.52. The highest BCUT2D eigenvalue weighted by atomic mass is 16.5. The molecule has 0 saturated heterocycles. The SMILES string of the molecule is CC(=O)Nc1cccc(Oc2cn[nH]c2-c2ccc(O)cc2O)c1. The lowest BCUT2D eigenvalue weighted by Crippen LogP contribution is -2.05. The number of anilines is 1. The molecule has 0 radical (unpaired) electrons. The molecule has 0 fully saturated rings. The van der Waals surface area contributed by atoms with Crippen molar-refractivity contribution in [2.24, 2.45) is 0 Å². The predicted octanol–water partition coefficient (Wildman–Crippen LogP) is 3.24. The van der Waals surface area contributed by atoms with E-state index in [-0.39, 0.29) is 17.4 Å². The van der Waals surface area contributed by atoms with Gasteiger partial charge in [-0.1, -0.05) is 6.07 Å². The standard InChI is InChI=1S/C17H15N3O4/c1-10(21)19-11-3-2-4-13(7-11)24-16-9-18-20-17(16)14-6-5-12(22)8-15(14)23/h2-9,22-23H,1H3,(H,18,20)(H,19,21). The van der Waals surface area contributed by atoms with Crippen LogP contribution in [0.3, 0.4) is 0 Å². The van der Waals surface area contributed by atoms with E-state index in [0.29, 0.717) is 28.4 Å². The number of amides is 1. The van der Waals surface area contributed by atoms with Gasteiger partial charge in [0.05, 0.1) is 6.20 Å². The van der Waals surface area contributed by atoms with Crippen LogP contribution in [0.2, 0.25) is 0 Å². The molecular weight excluding hydrogens is 310 g/mol. The van der Waals surface area contributed by atoms with Crippen LogP contribution in [0.1, 0.15) is 6.92 Å². The van der Waals surface area contributed by atoms with E-state index in [2.05, 4.69) is 15.5 Å². The Morgan fingerprint density at radius 1 is 1.21 bits per heavy atom. The second-order valence-electron chi connectivity index (χ2n) is 5.12. The van der Waals surface area contributed by atoms with Crippen molar-refractivity contribution in [3.05, 3.63) is 48.7 Å². The van der Waals surface area contributed by atoms with E-state index in [0.717, 1.165) is 0 Å².